The number of piperidine rings is 1. The van der Waals surface area contributed by atoms with Gasteiger partial charge >= 0.3 is 6.03 Å². The molecule has 5 nitrogen and oxygen atoms in total. The second-order valence-electron chi connectivity index (χ2n) is 6.10. The first-order chi connectivity index (χ1) is 11.0. The van der Waals surface area contributed by atoms with Crippen molar-refractivity contribution >= 4 is 17.6 Å². The molecule has 0 aliphatic carbocycles. The van der Waals surface area contributed by atoms with Crippen molar-refractivity contribution in [3.8, 4) is 0 Å². The molecule has 1 aliphatic heterocycles. The van der Waals surface area contributed by atoms with E-state index >= 15 is 0 Å². The fourth-order valence-corrected chi connectivity index (χ4v) is 3.08. The minimum absolute atomic E-state index is 0.0769. The van der Waals surface area contributed by atoms with Crippen molar-refractivity contribution in [3.05, 3.63) is 29.8 Å². The first-order valence-corrected chi connectivity index (χ1v) is 8.46. The highest BCUT2D eigenvalue weighted by molar-refractivity contribution is 5.90. The Labute approximate surface area is 138 Å². The molecule has 1 aromatic carbocycles. The molecule has 3 amide bonds. The third kappa shape index (κ3) is 4.47. The molecule has 5 heteroatoms. The zero-order chi connectivity index (χ0) is 16.8. The summed E-state index contributed by atoms with van der Waals surface area (Å²) in [5.41, 5.74) is 1.91. The summed E-state index contributed by atoms with van der Waals surface area (Å²) in [7, 11) is 0. The molecule has 1 N–H and O–H groups in total. The van der Waals surface area contributed by atoms with Gasteiger partial charge < -0.3 is 15.1 Å². The van der Waals surface area contributed by atoms with E-state index < -0.39 is 0 Å². The zero-order valence-electron chi connectivity index (χ0n) is 14.3. The van der Waals surface area contributed by atoms with Crippen molar-refractivity contribution in [1.29, 1.82) is 0 Å². The third-order valence-electron chi connectivity index (χ3n) is 4.40. The molecule has 0 saturated carbocycles. The van der Waals surface area contributed by atoms with E-state index in [0.29, 0.717) is 13.1 Å². The molecule has 1 fully saturated rings. The van der Waals surface area contributed by atoms with E-state index in [4.69, 9.17) is 0 Å². The average Bonchev–Trinajstić information content (AvgIpc) is 2.56. The largest absolute Gasteiger partial charge is 0.343 e. The Kier molecular flexibility index (Phi) is 6.02. The van der Waals surface area contributed by atoms with Gasteiger partial charge in [-0.2, -0.15) is 0 Å². The van der Waals surface area contributed by atoms with Crippen molar-refractivity contribution in [1.82, 2.24) is 9.80 Å². The summed E-state index contributed by atoms with van der Waals surface area (Å²) < 4.78 is 0. The van der Waals surface area contributed by atoms with E-state index in [2.05, 4.69) is 5.32 Å². The lowest BCUT2D eigenvalue weighted by Crippen LogP contribution is -2.47. The number of hydrogen-bond acceptors (Lipinski definition) is 2. The monoisotopic (exact) mass is 317 g/mol. The van der Waals surface area contributed by atoms with E-state index in [9.17, 15) is 9.59 Å². The summed E-state index contributed by atoms with van der Waals surface area (Å²) in [6.45, 7) is 8.64. The molecule has 1 heterocycles. The number of carbonyl (C=O) groups is 2. The lowest BCUT2D eigenvalue weighted by molar-refractivity contribution is -0.136. The summed E-state index contributed by atoms with van der Waals surface area (Å²) in [4.78, 5) is 28.6. The second kappa shape index (κ2) is 7.99. The Morgan fingerprint density at radius 1 is 1.30 bits per heavy atom. The summed E-state index contributed by atoms with van der Waals surface area (Å²) in [6, 6.07) is 7.63. The van der Waals surface area contributed by atoms with Gasteiger partial charge in [0.1, 0.15) is 0 Å². The molecule has 1 atom stereocenters. The first kappa shape index (κ1) is 17.3. The number of benzene rings is 1. The summed E-state index contributed by atoms with van der Waals surface area (Å²) in [5, 5.41) is 2.93. The summed E-state index contributed by atoms with van der Waals surface area (Å²) in [6.07, 6.45) is 1.74. The highest BCUT2D eigenvalue weighted by Crippen LogP contribution is 2.20. The standard InChI is InChI=1S/C18H27N3O2/c1-4-20(5-2)17(22)15-9-7-11-21(13-15)18(23)19-16-10-6-8-14(3)12-16/h6,8,10,12,15H,4-5,7,9,11,13H2,1-3H3,(H,19,23). The number of urea groups is 1. The van der Waals surface area contributed by atoms with Gasteiger partial charge in [-0.25, -0.2) is 4.79 Å². The molecule has 1 aromatic rings. The quantitative estimate of drug-likeness (QED) is 0.927. The number of carbonyl (C=O) groups excluding carboxylic acids is 2. The number of amides is 3. The fourth-order valence-electron chi connectivity index (χ4n) is 3.08. The second-order valence-corrected chi connectivity index (χ2v) is 6.10. The number of hydrogen-bond donors (Lipinski definition) is 1. The number of aryl methyl sites for hydroxylation is 1. The first-order valence-electron chi connectivity index (χ1n) is 8.46. The van der Waals surface area contributed by atoms with Gasteiger partial charge in [-0.15, -0.1) is 0 Å². The van der Waals surface area contributed by atoms with Crippen molar-refractivity contribution in [2.75, 3.05) is 31.5 Å². The van der Waals surface area contributed by atoms with Crippen LogP contribution in [0.4, 0.5) is 10.5 Å². The predicted molar refractivity (Wildman–Crippen MR) is 92.4 cm³/mol. The Hall–Kier alpha value is -2.04. The van der Waals surface area contributed by atoms with Gasteiger partial charge in [-0.3, -0.25) is 4.79 Å². The van der Waals surface area contributed by atoms with Gasteiger partial charge in [0.15, 0.2) is 0 Å². The topological polar surface area (TPSA) is 52.7 Å². The van der Waals surface area contributed by atoms with E-state index in [-0.39, 0.29) is 17.9 Å². The van der Waals surface area contributed by atoms with Gasteiger partial charge in [0.05, 0.1) is 5.92 Å². The molecule has 1 aliphatic rings. The van der Waals surface area contributed by atoms with E-state index in [1.54, 1.807) is 4.90 Å². The molecule has 0 aromatic heterocycles. The molecule has 1 saturated heterocycles. The molecule has 126 valence electrons. The van der Waals surface area contributed by atoms with Gasteiger partial charge in [0, 0.05) is 31.9 Å². The van der Waals surface area contributed by atoms with Crippen LogP contribution in [0, 0.1) is 12.8 Å². The van der Waals surface area contributed by atoms with Crippen LogP contribution < -0.4 is 5.32 Å². The van der Waals surface area contributed by atoms with Crippen LogP contribution in [0.25, 0.3) is 0 Å². The molecule has 1 unspecified atom stereocenters. The summed E-state index contributed by atoms with van der Waals surface area (Å²) >= 11 is 0. The summed E-state index contributed by atoms with van der Waals surface area (Å²) in [5.74, 6) is 0.0926. The molecule has 23 heavy (non-hydrogen) atoms. The van der Waals surface area contributed by atoms with Gasteiger partial charge in [-0.1, -0.05) is 12.1 Å². The maximum absolute atomic E-state index is 12.5. The number of likely N-dealkylation sites (tertiary alicyclic amines) is 1. The Morgan fingerprint density at radius 2 is 2.04 bits per heavy atom. The van der Waals surface area contributed by atoms with Gasteiger partial charge in [0.2, 0.25) is 5.91 Å². The Morgan fingerprint density at radius 3 is 2.70 bits per heavy atom. The van der Waals surface area contributed by atoms with Gasteiger partial charge in [0.25, 0.3) is 0 Å². The number of anilines is 1. The molecule has 0 bridgehead atoms. The van der Waals surface area contributed by atoms with Gasteiger partial charge in [-0.05, 0) is 51.3 Å². The maximum atomic E-state index is 12.5. The van der Waals surface area contributed by atoms with Crippen LogP contribution in [0.15, 0.2) is 24.3 Å². The van der Waals surface area contributed by atoms with Crippen LogP contribution >= 0.6 is 0 Å². The van der Waals surface area contributed by atoms with Crippen molar-refractivity contribution in [3.63, 3.8) is 0 Å². The normalized spacial score (nSPS) is 17.7. The fraction of sp³-hybridized carbons (Fsp3) is 0.556. The number of nitrogens with one attached hydrogen (secondary N) is 1. The molecular formula is C18H27N3O2. The van der Waals surface area contributed by atoms with Crippen LogP contribution in [0.3, 0.4) is 0 Å². The average molecular weight is 317 g/mol. The predicted octanol–water partition coefficient (Wildman–Crippen LogP) is 3.11. The minimum atomic E-state index is -0.118. The maximum Gasteiger partial charge on any atom is 0.321 e. The molecule has 0 spiro atoms. The Balaban J connectivity index is 1.97. The number of rotatable bonds is 4. The highest BCUT2D eigenvalue weighted by Gasteiger charge is 2.30. The number of nitrogens with zero attached hydrogens (tertiary/aromatic N) is 2. The smallest absolute Gasteiger partial charge is 0.321 e. The SMILES string of the molecule is CCN(CC)C(=O)C1CCCN(C(=O)Nc2cccc(C)c2)C1. The van der Waals surface area contributed by atoms with E-state index in [1.165, 1.54) is 0 Å². The minimum Gasteiger partial charge on any atom is -0.343 e. The van der Waals surface area contributed by atoms with E-state index in [1.807, 2.05) is 49.9 Å². The lowest BCUT2D eigenvalue weighted by Gasteiger charge is -2.34. The highest BCUT2D eigenvalue weighted by atomic mass is 16.2. The lowest BCUT2D eigenvalue weighted by atomic mass is 9.96. The Bertz CT molecular complexity index is 555. The van der Waals surface area contributed by atoms with E-state index in [0.717, 1.165) is 37.2 Å². The third-order valence-corrected chi connectivity index (χ3v) is 4.40. The zero-order valence-corrected chi connectivity index (χ0v) is 14.3. The van der Waals surface area contributed by atoms with Crippen molar-refractivity contribution in [2.45, 2.75) is 33.6 Å². The van der Waals surface area contributed by atoms with Crippen LogP contribution in [0.5, 0.6) is 0 Å². The van der Waals surface area contributed by atoms with Crippen LogP contribution in [0.2, 0.25) is 0 Å². The molecular weight excluding hydrogens is 290 g/mol. The molecule has 0 radical (unpaired) electrons. The van der Waals surface area contributed by atoms with Crippen LogP contribution in [-0.4, -0.2) is 47.9 Å². The van der Waals surface area contributed by atoms with Crippen LogP contribution in [-0.2, 0) is 4.79 Å². The van der Waals surface area contributed by atoms with Crippen LogP contribution in [0.1, 0.15) is 32.3 Å². The van der Waals surface area contributed by atoms with Crippen molar-refractivity contribution in [2.24, 2.45) is 5.92 Å². The molecule has 2 rings (SSSR count). The van der Waals surface area contributed by atoms with Crippen molar-refractivity contribution < 1.29 is 9.59 Å².